The number of aromatic nitrogens is 1. The lowest BCUT2D eigenvalue weighted by Crippen LogP contribution is -2.00. The largest absolute Gasteiger partial charge is 0.269 e. The molecule has 0 amide bonds. The quantitative estimate of drug-likeness (QED) is 0.231. The molecular formula is C23H18N4O2S. The summed E-state index contributed by atoms with van der Waals surface area (Å²) in [6, 6.07) is 24.8. The van der Waals surface area contributed by atoms with Gasteiger partial charge in [-0.2, -0.15) is 5.10 Å². The van der Waals surface area contributed by atoms with Gasteiger partial charge in [-0.15, -0.1) is 11.3 Å². The van der Waals surface area contributed by atoms with E-state index in [0.29, 0.717) is 10.8 Å². The van der Waals surface area contributed by atoms with Gasteiger partial charge in [-0.1, -0.05) is 54.6 Å². The van der Waals surface area contributed by atoms with Gasteiger partial charge < -0.3 is 0 Å². The molecule has 7 heteroatoms. The molecule has 0 aliphatic heterocycles. The summed E-state index contributed by atoms with van der Waals surface area (Å²) < 4.78 is 0. The molecule has 148 valence electrons. The van der Waals surface area contributed by atoms with E-state index in [1.165, 1.54) is 29.0 Å². The van der Waals surface area contributed by atoms with Gasteiger partial charge in [0.1, 0.15) is 0 Å². The van der Waals surface area contributed by atoms with Gasteiger partial charge in [0.2, 0.25) is 5.13 Å². The Morgan fingerprint density at radius 3 is 2.23 bits per heavy atom. The molecule has 0 spiro atoms. The van der Waals surface area contributed by atoms with E-state index in [-0.39, 0.29) is 5.69 Å². The number of hydrogen-bond acceptors (Lipinski definition) is 6. The lowest BCUT2D eigenvalue weighted by atomic mass is 10.0. The van der Waals surface area contributed by atoms with Gasteiger partial charge in [-0.25, -0.2) is 4.98 Å². The van der Waals surface area contributed by atoms with Crippen molar-refractivity contribution in [3.8, 4) is 22.4 Å². The van der Waals surface area contributed by atoms with Gasteiger partial charge >= 0.3 is 0 Å². The van der Waals surface area contributed by atoms with Crippen LogP contribution in [0.5, 0.6) is 0 Å². The summed E-state index contributed by atoms with van der Waals surface area (Å²) in [6.07, 6.45) is 0. The van der Waals surface area contributed by atoms with E-state index in [0.717, 1.165) is 22.4 Å². The Hall–Kier alpha value is -3.84. The Bertz CT molecular complexity index is 1180. The number of nitro benzene ring substituents is 1. The van der Waals surface area contributed by atoms with Crippen molar-refractivity contribution >= 4 is 27.9 Å². The summed E-state index contributed by atoms with van der Waals surface area (Å²) in [5.41, 5.74) is 8.81. The van der Waals surface area contributed by atoms with Crippen LogP contribution in [0.25, 0.3) is 22.4 Å². The first-order valence-electron chi connectivity index (χ1n) is 9.27. The average Bonchev–Trinajstić information content (AvgIpc) is 3.27. The molecule has 1 heterocycles. The summed E-state index contributed by atoms with van der Waals surface area (Å²) in [6.45, 7) is 1.84. The van der Waals surface area contributed by atoms with Gasteiger partial charge in [-0.05, 0) is 35.7 Å². The van der Waals surface area contributed by atoms with E-state index in [1.54, 1.807) is 12.1 Å². The Kier molecular flexibility index (Phi) is 5.63. The average molecular weight is 414 g/mol. The zero-order valence-electron chi connectivity index (χ0n) is 16.1. The lowest BCUT2D eigenvalue weighted by molar-refractivity contribution is -0.384. The van der Waals surface area contributed by atoms with Crippen LogP contribution in [0.2, 0.25) is 0 Å². The van der Waals surface area contributed by atoms with Crippen LogP contribution in [-0.2, 0) is 0 Å². The molecule has 3 aromatic carbocycles. The molecule has 0 unspecified atom stereocenters. The number of nitro groups is 1. The van der Waals surface area contributed by atoms with E-state index in [9.17, 15) is 10.1 Å². The van der Waals surface area contributed by atoms with Crippen molar-refractivity contribution in [2.24, 2.45) is 5.10 Å². The van der Waals surface area contributed by atoms with E-state index in [1.807, 2.05) is 30.5 Å². The predicted molar refractivity (Wildman–Crippen MR) is 122 cm³/mol. The Labute approximate surface area is 177 Å². The monoisotopic (exact) mass is 414 g/mol. The number of benzene rings is 3. The Morgan fingerprint density at radius 2 is 1.57 bits per heavy atom. The highest BCUT2D eigenvalue weighted by atomic mass is 32.1. The fourth-order valence-corrected chi connectivity index (χ4v) is 3.60. The van der Waals surface area contributed by atoms with Crippen LogP contribution in [-0.4, -0.2) is 15.6 Å². The summed E-state index contributed by atoms with van der Waals surface area (Å²) in [7, 11) is 0. The molecule has 4 rings (SSSR count). The molecule has 0 aliphatic carbocycles. The molecule has 4 aromatic rings. The van der Waals surface area contributed by atoms with E-state index in [4.69, 9.17) is 0 Å². The van der Waals surface area contributed by atoms with Crippen molar-refractivity contribution in [3.63, 3.8) is 0 Å². The predicted octanol–water partition coefficient (Wildman–Crippen LogP) is 6.22. The standard InChI is InChI=1S/C23H18N4O2S/c1-16(17-11-13-21(14-12-17)27(28)29)25-26-23-24-22(15-30-23)20-9-7-19(8-10-20)18-5-3-2-4-6-18/h2-15H,1H3,(H,24,26)/b25-16+. The van der Waals surface area contributed by atoms with Crippen LogP contribution in [0.3, 0.4) is 0 Å². The normalized spacial score (nSPS) is 11.3. The molecular weight excluding hydrogens is 396 g/mol. The van der Waals surface area contributed by atoms with Crippen LogP contribution in [0.4, 0.5) is 10.8 Å². The highest BCUT2D eigenvalue weighted by Crippen LogP contribution is 2.27. The van der Waals surface area contributed by atoms with Gasteiger partial charge in [0.15, 0.2) is 0 Å². The van der Waals surface area contributed by atoms with Gasteiger partial charge in [0.05, 0.1) is 16.3 Å². The maximum absolute atomic E-state index is 10.8. The molecule has 0 fully saturated rings. The van der Waals surface area contributed by atoms with Crippen LogP contribution >= 0.6 is 11.3 Å². The maximum Gasteiger partial charge on any atom is 0.269 e. The number of thiazole rings is 1. The van der Waals surface area contributed by atoms with Crippen molar-refractivity contribution in [2.45, 2.75) is 6.92 Å². The molecule has 0 radical (unpaired) electrons. The topological polar surface area (TPSA) is 80.4 Å². The summed E-state index contributed by atoms with van der Waals surface area (Å²) in [5.74, 6) is 0. The molecule has 1 aromatic heterocycles. The van der Waals surface area contributed by atoms with E-state index in [2.05, 4.69) is 51.9 Å². The first kappa shape index (κ1) is 19.5. The molecule has 6 nitrogen and oxygen atoms in total. The highest BCUT2D eigenvalue weighted by molar-refractivity contribution is 7.14. The third-order valence-corrected chi connectivity index (χ3v) is 5.35. The third-order valence-electron chi connectivity index (χ3n) is 4.61. The number of hydrazone groups is 1. The van der Waals surface area contributed by atoms with E-state index < -0.39 is 4.92 Å². The van der Waals surface area contributed by atoms with Gasteiger partial charge in [-0.3, -0.25) is 15.5 Å². The summed E-state index contributed by atoms with van der Waals surface area (Å²) in [4.78, 5) is 14.9. The molecule has 0 bridgehead atoms. The van der Waals surface area contributed by atoms with Gasteiger partial charge in [0, 0.05) is 23.1 Å². The fourth-order valence-electron chi connectivity index (χ4n) is 2.94. The number of rotatable bonds is 6. The second-order valence-electron chi connectivity index (χ2n) is 6.59. The third kappa shape index (κ3) is 4.42. The van der Waals surface area contributed by atoms with Crippen LogP contribution in [0, 0.1) is 10.1 Å². The molecule has 0 aliphatic rings. The Morgan fingerprint density at radius 1 is 0.933 bits per heavy atom. The van der Waals surface area contributed by atoms with Gasteiger partial charge in [0.25, 0.3) is 5.69 Å². The first-order chi connectivity index (χ1) is 14.6. The van der Waals surface area contributed by atoms with Crippen molar-refractivity contribution in [2.75, 3.05) is 5.43 Å². The van der Waals surface area contributed by atoms with Crippen LogP contribution < -0.4 is 5.43 Å². The number of non-ortho nitro benzene ring substituents is 1. The van der Waals surface area contributed by atoms with Crippen molar-refractivity contribution < 1.29 is 4.92 Å². The number of hydrogen-bond donors (Lipinski definition) is 1. The number of anilines is 1. The van der Waals surface area contributed by atoms with Crippen molar-refractivity contribution in [1.29, 1.82) is 0 Å². The van der Waals surface area contributed by atoms with E-state index >= 15 is 0 Å². The second-order valence-corrected chi connectivity index (χ2v) is 7.45. The smallest absolute Gasteiger partial charge is 0.258 e. The highest BCUT2D eigenvalue weighted by Gasteiger charge is 2.07. The van der Waals surface area contributed by atoms with Crippen molar-refractivity contribution in [3.05, 3.63) is 99.9 Å². The number of nitrogens with zero attached hydrogens (tertiary/aromatic N) is 3. The minimum atomic E-state index is -0.419. The molecule has 30 heavy (non-hydrogen) atoms. The molecule has 0 saturated carbocycles. The minimum Gasteiger partial charge on any atom is -0.258 e. The Balaban J connectivity index is 1.45. The summed E-state index contributed by atoms with van der Waals surface area (Å²) in [5, 5.41) is 17.8. The number of nitrogens with one attached hydrogen (secondary N) is 1. The molecule has 1 N–H and O–H groups in total. The summed E-state index contributed by atoms with van der Waals surface area (Å²) >= 11 is 1.47. The molecule has 0 saturated heterocycles. The van der Waals surface area contributed by atoms with Crippen molar-refractivity contribution in [1.82, 2.24) is 4.98 Å². The lowest BCUT2D eigenvalue weighted by Gasteiger charge is -2.03. The fraction of sp³-hybridized carbons (Fsp3) is 0.0435. The van der Waals surface area contributed by atoms with Crippen LogP contribution in [0.1, 0.15) is 12.5 Å². The minimum absolute atomic E-state index is 0.0577. The van der Waals surface area contributed by atoms with Crippen LogP contribution in [0.15, 0.2) is 89.3 Å². The molecule has 0 atom stereocenters. The zero-order valence-corrected chi connectivity index (χ0v) is 17.0. The maximum atomic E-state index is 10.8. The first-order valence-corrected chi connectivity index (χ1v) is 10.1. The second kappa shape index (κ2) is 8.67. The SMILES string of the molecule is C/C(=N\Nc1nc(-c2ccc(-c3ccccc3)cc2)cs1)c1ccc([N+](=O)[O-])cc1. The zero-order chi connectivity index (χ0) is 20.9.